The molecule has 1 aromatic heterocycles. The fourth-order valence-electron chi connectivity index (χ4n) is 1.64. The summed E-state index contributed by atoms with van der Waals surface area (Å²) in [4.78, 5) is 3.97. The fourth-order valence-corrected chi connectivity index (χ4v) is 1.83. The molecule has 0 saturated carbocycles. The first-order valence-electron chi connectivity index (χ1n) is 5.37. The fraction of sp³-hybridized carbons (Fsp3) is 0.583. The summed E-state index contributed by atoms with van der Waals surface area (Å²) in [6.07, 6.45) is 5.19. The van der Waals surface area contributed by atoms with Gasteiger partial charge in [-0.2, -0.15) is 0 Å². The van der Waals surface area contributed by atoms with E-state index in [-0.39, 0.29) is 5.54 Å². The number of hydrogen-bond acceptors (Lipinski definition) is 2. The second-order valence-electron chi connectivity index (χ2n) is 4.39. The van der Waals surface area contributed by atoms with Crippen molar-refractivity contribution in [3.8, 4) is 0 Å². The maximum Gasteiger partial charge on any atom is 0.0621 e. The van der Waals surface area contributed by atoms with Crippen molar-refractivity contribution >= 4 is 11.6 Å². The van der Waals surface area contributed by atoms with Crippen molar-refractivity contribution in [2.75, 3.05) is 0 Å². The van der Waals surface area contributed by atoms with Crippen molar-refractivity contribution < 1.29 is 0 Å². The van der Waals surface area contributed by atoms with Crippen molar-refractivity contribution in [2.24, 2.45) is 11.7 Å². The number of rotatable bonds is 4. The van der Waals surface area contributed by atoms with Crippen LogP contribution in [0.3, 0.4) is 0 Å². The highest BCUT2D eigenvalue weighted by Crippen LogP contribution is 2.26. The zero-order valence-corrected chi connectivity index (χ0v) is 10.4. The summed E-state index contributed by atoms with van der Waals surface area (Å²) in [7, 11) is 0. The van der Waals surface area contributed by atoms with Crippen LogP contribution in [0, 0.1) is 5.92 Å². The third-order valence-electron chi connectivity index (χ3n) is 3.18. The molecule has 15 heavy (non-hydrogen) atoms. The Bertz CT molecular complexity index is 325. The van der Waals surface area contributed by atoms with Gasteiger partial charge >= 0.3 is 0 Å². The van der Waals surface area contributed by atoms with Gasteiger partial charge in [0.05, 0.1) is 5.02 Å². The van der Waals surface area contributed by atoms with Crippen LogP contribution < -0.4 is 5.73 Å². The predicted octanol–water partition coefficient (Wildman–Crippen LogP) is 3.04. The van der Waals surface area contributed by atoms with Gasteiger partial charge in [-0.3, -0.25) is 4.98 Å². The van der Waals surface area contributed by atoms with Gasteiger partial charge in [0.25, 0.3) is 0 Å². The molecule has 1 aromatic rings. The minimum Gasteiger partial charge on any atom is -0.325 e. The van der Waals surface area contributed by atoms with Crippen LogP contribution in [0.1, 0.15) is 32.8 Å². The highest BCUT2D eigenvalue weighted by molar-refractivity contribution is 6.31. The summed E-state index contributed by atoms with van der Waals surface area (Å²) in [6, 6.07) is 1.95. The van der Waals surface area contributed by atoms with Crippen LogP contribution in [-0.4, -0.2) is 10.5 Å². The highest BCUT2D eigenvalue weighted by atomic mass is 35.5. The van der Waals surface area contributed by atoms with Gasteiger partial charge in [-0.15, -0.1) is 0 Å². The Labute approximate surface area is 96.8 Å². The number of hydrogen-bond donors (Lipinski definition) is 1. The van der Waals surface area contributed by atoms with Crippen molar-refractivity contribution in [3.63, 3.8) is 0 Å². The van der Waals surface area contributed by atoms with Crippen LogP contribution >= 0.6 is 11.6 Å². The van der Waals surface area contributed by atoms with Crippen molar-refractivity contribution in [2.45, 2.75) is 39.2 Å². The molecule has 1 atom stereocenters. The second-order valence-corrected chi connectivity index (χ2v) is 4.79. The zero-order chi connectivity index (χ0) is 11.5. The van der Waals surface area contributed by atoms with Gasteiger partial charge in [0.15, 0.2) is 0 Å². The monoisotopic (exact) mass is 226 g/mol. The van der Waals surface area contributed by atoms with Gasteiger partial charge < -0.3 is 5.73 Å². The van der Waals surface area contributed by atoms with E-state index in [1.165, 1.54) is 0 Å². The first-order valence-corrected chi connectivity index (χ1v) is 5.74. The third-order valence-corrected chi connectivity index (χ3v) is 3.52. The van der Waals surface area contributed by atoms with E-state index in [9.17, 15) is 0 Å². The van der Waals surface area contributed by atoms with Crippen LogP contribution in [-0.2, 0) is 6.42 Å². The lowest BCUT2D eigenvalue weighted by Crippen LogP contribution is -2.46. The molecule has 3 heteroatoms. The Kier molecular flexibility index (Phi) is 4.12. The Morgan fingerprint density at radius 1 is 1.53 bits per heavy atom. The van der Waals surface area contributed by atoms with Crippen LogP contribution in [0.15, 0.2) is 18.5 Å². The van der Waals surface area contributed by atoms with Crippen molar-refractivity contribution in [3.05, 3.63) is 29.0 Å². The first kappa shape index (κ1) is 12.5. The van der Waals surface area contributed by atoms with Gasteiger partial charge in [-0.1, -0.05) is 32.4 Å². The number of halogens is 1. The zero-order valence-electron chi connectivity index (χ0n) is 9.63. The molecule has 84 valence electrons. The molecule has 0 fully saturated rings. The van der Waals surface area contributed by atoms with Gasteiger partial charge in [-0.05, 0) is 30.4 Å². The molecule has 0 aliphatic heterocycles. The van der Waals surface area contributed by atoms with E-state index in [0.29, 0.717) is 10.9 Å². The van der Waals surface area contributed by atoms with E-state index in [0.717, 1.165) is 18.4 Å². The second kappa shape index (κ2) is 4.95. The lowest BCUT2D eigenvalue weighted by atomic mass is 9.80. The van der Waals surface area contributed by atoms with Gasteiger partial charge in [0.1, 0.15) is 0 Å². The normalized spacial score (nSPS) is 15.3. The number of aromatic nitrogens is 1. The summed E-state index contributed by atoms with van der Waals surface area (Å²) in [6.45, 7) is 6.42. The lowest BCUT2D eigenvalue weighted by molar-refractivity contribution is 0.296. The molecule has 0 aromatic carbocycles. The molecule has 2 nitrogen and oxygen atoms in total. The van der Waals surface area contributed by atoms with Gasteiger partial charge in [0, 0.05) is 17.9 Å². The largest absolute Gasteiger partial charge is 0.325 e. The molecule has 1 unspecified atom stereocenters. The Morgan fingerprint density at radius 3 is 2.67 bits per heavy atom. The predicted molar refractivity (Wildman–Crippen MR) is 65.0 cm³/mol. The molecule has 0 amide bonds. The highest BCUT2D eigenvalue weighted by Gasteiger charge is 2.27. The van der Waals surface area contributed by atoms with Gasteiger partial charge in [-0.25, -0.2) is 0 Å². The van der Waals surface area contributed by atoms with Crippen molar-refractivity contribution in [1.82, 2.24) is 4.98 Å². The van der Waals surface area contributed by atoms with Crippen LogP contribution in [0.4, 0.5) is 0 Å². The molecule has 0 spiro atoms. The molecule has 0 bridgehead atoms. The summed E-state index contributed by atoms with van der Waals surface area (Å²) < 4.78 is 0. The molecule has 0 aliphatic rings. The topological polar surface area (TPSA) is 38.9 Å². The van der Waals surface area contributed by atoms with Gasteiger partial charge in [0.2, 0.25) is 0 Å². The standard InChI is InChI=1S/C12H19ClN2/c1-4-12(14,9(2)3)7-10-5-6-15-8-11(10)13/h5-6,8-9H,4,7,14H2,1-3H3. The maximum atomic E-state index is 6.36. The maximum absolute atomic E-state index is 6.36. The summed E-state index contributed by atoms with van der Waals surface area (Å²) >= 11 is 6.07. The summed E-state index contributed by atoms with van der Waals surface area (Å²) in [5, 5.41) is 0.710. The molecular weight excluding hydrogens is 208 g/mol. The minimum atomic E-state index is -0.176. The van der Waals surface area contributed by atoms with E-state index in [2.05, 4.69) is 25.8 Å². The smallest absolute Gasteiger partial charge is 0.0621 e. The number of pyridine rings is 1. The molecule has 1 heterocycles. The van der Waals surface area contributed by atoms with Crippen molar-refractivity contribution in [1.29, 1.82) is 0 Å². The minimum absolute atomic E-state index is 0.176. The van der Waals surface area contributed by atoms with E-state index in [4.69, 9.17) is 17.3 Å². The lowest BCUT2D eigenvalue weighted by Gasteiger charge is -2.33. The average Bonchev–Trinajstić information content (AvgIpc) is 2.21. The summed E-state index contributed by atoms with van der Waals surface area (Å²) in [5.41, 5.74) is 7.27. The summed E-state index contributed by atoms with van der Waals surface area (Å²) in [5.74, 6) is 0.437. The first-order chi connectivity index (χ1) is 6.99. The SMILES string of the molecule is CCC(N)(Cc1ccncc1Cl)C(C)C. The van der Waals surface area contributed by atoms with E-state index in [1.807, 2.05) is 6.07 Å². The van der Waals surface area contributed by atoms with E-state index >= 15 is 0 Å². The molecule has 2 N–H and O–H groups in total. The molecule has 0 saturated heterocycles. The van der Waals surface area contributed by atoms with Crippen LogP contribution in [0.25, 0.3) is 0 Å². The van der Waals surface area contributed by atoms with Crippen LogP contribution in [0.5, 0.6) is 0 Å². The van der Waals surface area contributed by atoms with E-state index < -0.39 is 0 Å². The Balaban J connectivity index is 2.89. The Hall–Kier alpha value is -0.600. The molecule has 0 radical (unpaired) electrons. The number of nitrogens with zero attached hydrogens (tertiary/aromatic N) is 1. The molecular formula is C12H19ClN2. The number of nitrogens with two attached hydrogens (primary N) is 1. The third kappa shape index (κ3) is 2.93. The quantitative estimate of drug-likeness (QED) is 0.857. The molecule has 0 aliphatic carbocycles. The molecule has 1 rings (SSSR count). The Morgan fingerprint density at radius 2 is 2.20 bits per heavy atom. The average molecular weight is 227 g/mol. The van der Waals surface area contributed by atoms with E-state index in [1.54, 1.807) is 12.4 Å². The van der Waals surface area contributed by atoms with Crippen LogP contribution in [0.2, 0.25) is 5.02 Å².